The van der Waals surface area contributed by atoms with E-state index in [2.05, 4.69) is 5.32 Å². The fourth-order valence-corrected chi connectivity index (χ4v) is 3.03. The molecule has 0 saturated carbocycles. The molecule has 0 aliphatic carbocycles. The van der Waals surface area contributed by atoms with Gasteiger partial charge < -0.3 is 5.32 Å². The Labute approximate surface area is 237 Å². The number of amides is 1. The minimum Gasteiger partial charge on any atom is -0.356 e. The normalized spacial score (nSPS) is 9.82. The summed E-state index contributed by atoms with van der Waals surface area (Å²) < 4.78 is 51.0. The molecule has 0 bridgehead atoms. The first-order valence-electron chi connectivity index (χ1n) is 11.1. The maximum absolute atomic E-state index is 12.9. The summed E-state index contributed by atoms with van der Waals surface area (Å²) in [6.07, 6.45) is 0. The average molecular weight is 600 g/mol. The molecule has 0 heterocycles. The molecular formula is C28H21Cl3F4N2O2. The van der Waals surface area contributed by atoms with E-state index in [0.717, 1.165) is 11.4 Å². The third kappa shape index (κ3) is 11.4. The van der Waals surface area contributed by atoms with Crippen LogP contribution in [-0.2, 0) is 9.59 Å². The Morgan fingerprint density at radius 2 is 0.846 bits per heavy atom. The summed E-state index contributed by atoms with van der Waals surface area (Å²) in [6.45, 7) is 0. The summed E-state index contributed by atoms with van der Waals surface area (Å²) in [5, 5.41) is 2.52. The largest absolute Gasteiger partial charge is 0.356 e. The van der Waals surface area contributed by atoms with E-state index in [0.29, 0.717) is 11.4 Å². The van der Waals surface area contributed by atoms with Crippen LogP contribution in [-0.4, -0.2) is 22.9 Å². The summed E-state index contributed by atoms with van der Waals surface area (Å²) in [5.74, 6) is -2.06. The van der Waals surface area contributed by atoms with Crippen molar-refractivity contribution in [3.63, 3.8) is 0 Å². The van der Waals surface area contributed by atoms with Crippen molar-refractivity contribution in [3.05, 3.63) is 120 Å². The van der Waals surface area contributed by atoms with Crippen LogP contribution < -0.4 is 10.2 Å². The molecule has 4 nitrogen and oxygen atoms in total. The van der Waals surface area contributed by atoms with Crippen molar-refractivity contribution in [1.82, 2.24) is 0 Å². The maximum Gasteiger partial charge on any atom is 0.246 e. The van der Waals surface area contributed by atoms with E-state index in [4.69, 9.17) is 34.8 Å². The van der Waals surface area contributed by atoms with Gasteiger partial charge in [0.05, 0.1) is 5.88 Å². The zero-order valence-electron chi connectivity index (χ0n) is 20.1. The number of anilines is 4. The van der Waals surface area contributed by atoms with Crippen molar-refractivity contribution < 1.29 is 27.2 Å². The van der Waals surface area contributed by atoms with E-state index < -0.39 is 16.9 Å². The highest BCUT2D eigenvalue weighted by Gasteiger charge is 2.17. The molecule has 0 unspecified atom stereocenters. The first-order chi connectivity index (χ1) is 18.6. The highest BCUT2D eigenvalue weighted by atomic mass is 35.5. The van der Waals surface area contributed by atoms with Crippen LogP contribution in [0.15, 0.2) is 97.1 Å². The highest BCUT2D eigenvalue weighted by molar-refractivity contribution is 6.67. The fraction of sp³-hybridized carbons (Fsp3) is 0.0714. The fourth-order valence-electron chi connectivity index (χ4n) is 2.91. The molecule has 1 amide bonds. The molecule has 0 saturated heterocycles. The first kappa shape index (κ1) is 31.6. The third-order valence-electron chi connectivity index (χ3n) is 4.62. The van der Waals surface area contributed by atoms with Crippen LogP contribution in [0.1, 0.15) is 0 Å². The molecule has 39 heavy (non-hydrogen) atoms. The Morgan fingerprint density at radius 1 is 0.564 bits per heavy atom. The lowest BCUT2D eigenvalue weighted by Gasteiger charge is -2.22. The molecule has 11 heteroatoms. The SMILES string of the molecule is Fc1ccc(Nc2ccc(F)cc2)cc1.O=C(CCl)N(c1ccc(F)cc1)c1ccc(F)cc1.O=C(Cl)CCl. The number of halogens is 7. The van der Waals surface area contributed by atoms with Gasteiger partial charge in [-0.3, -0.25) is 14.5 Å². The smallest absolute Gasteiger partial charge is 0.246 e. The lowest BCUT2D eigenvalue weighted by molar-refractivity contribution is -0.115. The maximum atomic E-state index is 12.9. The van der Waals surface area contributed by atoms with Crippen molar-refractivity contribution in [2.75, 3.05) is 22.0 Å². The van der Waals surface area contributed by atoms with Crippen molar-refractivity contribution in [2.45, 2.75) is 0 Å². The number of hydrogen-bond donors (Lipinski definition) is 1. The van der Waals surface area contributed by atoms with Gasteiger partial charge in [0.2, 0.25) is 11.1 Å². The minimum absolute atomic E-state index is 0.0957. The predicted octanol–water partition coefficient (Wildman–Crippen LogP) is 8.57. The van der Waals surface area contributed by atoms with Gasteiger partial charge in [0.1, 0.15) is 29.1 Å². The zero-order chi connectivity index (χ0) is 28.8. The summed E-state index contributed by atoms with van der Waals surface area (Å²) in [5.41, 5.74) is 2.48. The monoisotopic (exact) mass is 598 g/mol. The second-order valence-corrected chi connectivity index (χ2v) is 8.40. The van der Waals surface area contributed by atoms with Gasteiger partial charge in [-0.05, 0) is 109 Å². The number of carbonyl (C=O) groups is 2. The van der Waals surface area contributed by atoms with E-state index >= 15 is 0 Å². The van der Waals surface area contributed by atoms with Crippen molar-refractivity contribution >= 4 is 68.7 Å². The molecular weight excluding hydrogens is 579 g/mol. The Hall–Kier alpha value is -3.59. The van der Waals surface area contributed by atoms with Crippen molar-refractivity contribution in [3.8, 4) is 0 Å². The lowest BCUT2D eigenvalue weighted by Crippen LogP contribution is -2.26. The van der Waals surface area contributed by atoms with Crippen molar-refractivity contribution in [1.29, 1.82) is 0 Å². The van der Waals surface area contributed by atoms with Gasteiger partial charge in [0.25, 0.3) is 0 Å². The topological polar surface area (TPSA) is 49.4 Å². The van der Waals surface area contributed by atoms with Crippen LogP contribution in [0.3, 0.4) is 0 Å². The highest BCUT2D eigenvalue weighted by Crippen LogP contribution is 2.26. The Kier molecular flexibility index (Phi) is 13.3. The van der Waals surface area contributed by atoms with Crippen LogP contribution in [0.2, 0.25) is 0 Å². The molecule has 204 valence electrons. The molecule has 0 spiro atoms. The zero-order valence-corrected chi connectivity index (χ0v) is 22.3. The van der Waals surface area contributed by atoms with Gasteiger partial charge in [-0.15, -0.1) is 23.2 Å². The van der Waals surface area contributed by atoms with Gasteiger partial charge in [-0.25, -0.2) is 17.6 Å². The Balaban J connectivity index is 0.000000238. The van der Waals surface area contributed by atoms with E-state index in [9.17, 15) is 27.2 Å². The quantitative estimate of drug-likeness (QED) is 0.137. The second kappa shape index (κ2) is 16.4. The number of nitrogens with one attached hydrogen (secondary N) is 1. The molecule has 0 aliphatic rings. The molecule has 4 rings (SSSR count). The van der Waals surface area contributed by atoms with Crippen LogP contribution >= 0.6 is 34.8 Å². The molecule has 0 radical (unpaired) electrons. The number of alkyl halides is 2. The summed E-state index contributed by atoms with van der Waals surface area (Å²) in [4.78, 5) is 22.6. The van der Waals surface area contributed by atoms with E-state index in [1.807, 2.05) is 0 Å². The number of rotatable bonds is 6. The third-order valence-corrected chi connectivity index (χ3v) is 5.36. The molecule has 4 aromatic rings. The van der Waals surface area contributed by atoms with Gasteiger partial charge in [-0.2, -0.15) is 0 Å². The number of benzene rings is 4. The van der Waals surface area contributed by atoms with Gasteiger partial charge in [0, 0.05) is 22.7 Å². The van der Waals surface area contributed by atoms with Gasteiger partial charge in [0.15, 0.2) is 0 Å². The Morgan fingerprint density at radius 3 is 1.10 bits per heavy atom. The second-order valence-electron chi connectivity index (χ2n) is 7.44. The standard InChI is InChI=1S/C14H10ClF2NO.C12H9F2N.C2H2Cl2O/c15-9-14(19)18(12-5-1-10(16)2-6-12)13-7-3-11(17)4-8-13;13-9-1-5-11(6-2-9)15-12-7-3-10(14)4-8-12;3-1-2(4)5/h1-8H,9H2;1-8,15H;1H2. The molecule has 0 aromatic heterocycles. The van der Waals surface area contributed by atoms with Crippen molar-refractivity contribution in [2.24, 2.45) is 0 Å². The van der Waals surface area contributed by atoms with Crippen LogP contribution in [0.4, 0.5) is 40.3 Å². The number of nitrogens with zero attached hydrogens (tertiary/aromatic N) is 1. The first-order valence-corrected chi connectivity index (χ1v) is 12.5. The van der Waals surface area contributed by atoms with Crippen LogP contribution in [0.5, 0.6) is 0 Å². The summed E-state index contributed by atoms with van der Waals surface area (Å²) >= 11 is 15.1. The molecule has 4 aromatic carbocycles. The molecule has 0 fully saturated rings. The minimum atomic E-state index is -0.508. The van der Waals surface area contributed by atoms with Crippen LogP contribution in [0.25, 0.3) is 0 Å². The number of hydrogen-bond acceptors (Lipinski definition) is 3. The van der Waals surface area contributed by atoms with Gasteiger partial charge in [-0.1, -0.05) is 0 Å². The summed E-state index contributed by atoms with van der Waals surface area (Å²) in [7, 11) is 0. The average Bonchev–Trinajstić information content (AvgIpc) is 2.94. The molecule has 1 N–H and O–H groups in total. The predicted molar refractivity (Wildman–Crippen MR) is 148 cm³/mol. The lowest BCUT2D eigenvalue weighted by atomic mass is 10.2. The number of carbonyl (C=O) groups excluding carboxylic acids is 2. The molecule has 0 atom stereocenters. The van der Waals surface area contributed by atoms with E-state index in [1.54, 1.807) is 24.3 Å². The molecule has 0 aliphatic heterocycles. The van der Waals surface area contributed by atoms with Crippen LogP contribution in [0, 0.1) is 23.3 Å². The van der Waals surface area contributed by atoms with E-state index in [-0.39, 0.29) is 29.3 Å². The van der Waals surface area contributed by atoms with Gasteiger partial charge >= 0.3 is 0 Å². The Bertz CT molecular complexity index is 1230. The summed E-state index contributed by atoms with van der Waals surface area (Å²) in [6, 6.07) is 22.8. The van der Waals surface area contributed by atoms with E-state index in [1.165, 1.54) is 77.7 Å².